The summed E-state index contributed by atoms with van der Waals surface area (Å²) in [5.41, 5.74) is 4.62. The van der Waals surface area contributed by atoms with E-state index in [0.29, 0.717) is 24.8 Å². The molecule has 0 amide bonds. The predicted octanol–water partition coefficient (Wildman–Crippen LogP) is 4.52. The zero-order valence-corrected chi connectivity index (χ0v) is 18.2. The summed E-state index contributed by atoms with van der Waals surface area (Å²) < 4.78 is 18.8. The minimum absolute atomic E-state index is 0.156. The number of hydrogen-bond donors (Lipinski definition) is 0. The maximum atomic E-state index is 5.81. The van der Waals surface area contributed by atoms with Crippen LogP contribution in [0.25, 0.3) is 5.69 Å². The van der Waals surface area contributed by atoms with Crippen LogP contribution in [0.4, 0.5) is 0 Å². The first-order valence-corrected chi connectivity index (χ1v) is 10.3. The first-order valence-electron chi connectivity index (χ1n) is 10.3. The van der Waals surface area contributed by atoms with E-state index in [4.69, 9.17) is 19.3 Å². The normalized spacial score (nSPS) is 15.8. The minimum atomic E-state index is -0.156. The van der Waals surface area contributed by atoms with Crippen molar-refractivity contribution in [3.8, 4) is 17.3 Å². The molecule has 1 aliphatic rings. The number of aromatic nitrogens is 2. The summed E-state index contributed by atoms with van der Waals surface area (Å²) in [6.45, 7) is 4.58. The molecule has 0 radical (unpaired) electrons. The fraction of sp³-hybridized carbons (Fsp3) is 0.292. The molecule has 1 aromatic heterocycles. The zero-order chi connectivity index (χ0) is 21.8. The van der Waals surface area contributed by atoms with Gasteiger partial charge in [-0.1, -0.05) is 18.2 Å². The van der Waals surface area contributed by atoms with Crippen molar-refractivity contribution in [2.45, 2.75) is 26.2 Å². The molecule has 7 nitrogen and oxygen atoms in total. The van der Waals surface area contributed by atoms with Gasteiger partial charge in [0.2, 0.25) is 11.8 Å². The molecule has 2 heterocycles. The third-order valence-electron chi connectivity index (χ3n) is 5.28. The molecule has 31 heavy (non-hydrogen) atoms. The molecule has 4 rings (SSSR count). The lowest BCUT2D eigenvalue weighted by atomic mass is 9.90. The zero-order valence-electron chi connectivity index (χ0n) is 18.2. The summed E-state index contributed by atoms with van der Waals surface area (Å²) in [5, 5.41) is 13.6. The predicted molar refractivity (Wildman–Crippen MR) is 121 cm³/mol. The molecule has 0 N–H and O–H groups in total. The summed E-state index contributed by atoms with van der Waals surface area (Å²) in [7, 11) is 3.28. The van der Waals surface area contributed by atoms with Crippen LogP contribution in [0.1, 0.15) is 36.1 Å². The largest absolute Gasteiger partial charge is 0.494 e. The molecule has 0 fully saturated rings. The summed E-state index contributed by atoms with van der Waals surface area (Å²) in [5.74, 6) is 1.90. The van der Waals surface area contributed by atoms with E-state index in [1.165, 1.54) is 0 Å². The second-order valence-corrected chi connectivity index (χ2v) is 7.16. The lowest BCUT2D eigenvalue weighted by Crippen LogP contribution is -2.23. The van der Waals surface area contributed by atoms with Crippen molar-refractivity contribution in [1.29, 1.82) is 0 Å². The fourth-order valence-electron chi connectivity index (χ4n) is 3.86. The molecule has 3 aromatic rings. The van der Waals surface area contributed by atoms with E-state index in [9.17, 15) is 0 Å². The molecule has 1 unspecified atom stereocenters. The molecule has 0 saturated carbocycles. The highest BCUT2D eigenvalue weighted by molar-refractivity contribution is 6.05. The third-order valence-corrected chi connectivity index (χ3v) is 5.28. The summed E-state index contributed by atoms with van der Waals surface area (Å²) in [6.07, 6.45) is 0.623. The van der Waals surface area contributed by atoms with E-state index in [-0.39, 0.29) is 5.92 Å². The molecule has 2 aromatic carbocycles. The number of rotatable bonds is 6. The Balaban J connectivity index is 1.72. The highest BCUT2D eigenvalue weighted by Crippen LogP contribution is 2.37. The number of aryl methyl sites for hydroxylation is 1. The summed E-state index contributed by atoms with van der Waals surface area (Å²) in [4.78, 5) is 0. The van der Waals surface area contributed by atoms with Crippen molar-refractivity contribution in [3.63, 3.8) is 0 Å². The number of hydrogen-bond acceptors (Lipinski definition) is 6. The molecule has 0 bridgehead atoms. The Labute approximate surface area is 182 Å². The standard InChI is InChI=1S/C24H26N4O3/c1-5-31-19-13-11-17(12-14-19)21-15-20(23(29-3)26-25-21)22-16(2)27-28(24(22)30-4)18-9-7-6-8-10-18/h6-14,20H,5,15H2,1-4H3. The quantitative estimate of drug-likeness (QED) is 0.590. The van der Waals surface area contributed by atoms with Crippen molar-refractivity contribution in [3.05, 3.63) is 71.4 Å². The molecular formula is C24H26N4O3. The van der Waals surface area contributed by atoms with Crippen LogP contribution in [-0.2, 0) is 4.74 Å². The Morgan fingerprint density at radius 3 is 2.35 bits per heavy atom. The van der Waals surface area contributed by atoms with Crippen LogP contribution in [0, 0.1) is 6.92 Å². The van der Waals surface area contributed by atoms with Gasteiger partial charge < -0.3 is 14.2 Å². The second kappa shape index (κ2) is 9.04. The molecule has 7 heteroatoms. The minimum Gasteiger partial charge on any atom is -0.494 e. The molecule has 0 saturated heterocycles. The lowest BCUT2D eigenvalue weighted by Gasteiger charge is -2.22. The van der Waals surface area contributed by atoms with E-state index in [1.807, 2.05) is 73.1 Å². The maximum absolute atomic E-state index is 5.81. The number of methoxy groups -OCH3 is 2. The van der Waals surface area contributed by atoms with Gasteiger partial charge in [-0.2, -0.15) is 10.2 Å². The Bertz CT molecular complexity index is 1100. The van der Waals surface area contributed by atoms with Crippen LogP contribution in [0.2, 0.25) is 0 Å². The van der Waals surface area contributed by atoms with Crippen molar-refractivity contribution in [1.82, 2.24) is 9.78 Å². The molecule has 1 atom stereocenters. The number of para-hydroxylation sites is 1. The van der Waals surface area contributed by atoms with Gasteiger partial charge in [0.15, 0.2) is 0 Å². The maximum Gasteiger partial charge on any atom is 0.220 e. The van der Waals surface area contributed by atoms with Gasteiger partial charge in [-0.15, -0.1) is 5.10 Å². The van der Waals surface area contributed by atoms with Gasteiger partial charge in [-0.05, 0) is 55.8 Å². The van der Waals surface area contributed by atoms with E-state index in [1.54, 1.807) is 14.2 Å². The van der Waals surface area contributed by atoms with Gasteiger partial charge >= 0.3 is 0 Å². The first kappa shape index (κ1) is 20.7. The van der Waals surface area contributed by atoms with Gasteiger partial charge in [0.1, 0.15) is 5.75 Å². The van der Waals surface area contributed by atoms with Gasteiger partial charge in [0.05, 0.1) is 49.4 Å². The van der Waals surface area contributed by atoms with Gasteiger partial charge in [0, 0.05) is 6.42 Å². The molecule has 160 valence electrons. The van der Waals surface area contributed by atoms with Crippen molar-refractivity contribution >= 4 is 11.6 Å². The number of benzene rings is 2. The van der Waals surface area contributed by atoms with Crippen molar-refractivity contribution in [2.24, 2.45) is 10.2 Å². The Morgan fingerprint density at radius 1 is 0.968 bits per heavy atom. The molecule has 0 spiro atoms. The van der Waals surface area contributed by atoms with Gasteiger partial charge in [-0.3, -0.25) is 0 Å². The van der Waals surface area contributed by atoms with Crippen LogP contribution in [0.3, 0.4) is 0 Å². The monoisotopic (exact) mass is 418 g/mol. The van der Waals surface area contributed by atoms with E-state index in [2.05, 4.69) is 10.2 Å². The second-order valence-electron chi connectivity index (χ2n) is 7.16. The lowest BCUT2D eigenvalue weighted by molar-refractivity contribution is 0.340. The van der Waals surface area contributed by atoms with Gasteiger partial charge in [0.25, 0.3) is 0 Å². The Kier molecular flexibility index (Phi) is 6.02. The molecule has 1 aliphatic heterocycles. The average molecular weight is 418 g/mol. The van der Waals surface area contributed by atoms with E-state index < -0.39 is 0 Å². The molecular weight excluding hydrogens is 392 g/mol. The third kappa shape index (κ3) is 4.03. The highest BCUT2D eigenvalue weighted by atomic mass is 16.5. The van der Waals surface area contributed by atoms with Crippen LogP contribution in [-0.4, -0.2) is 42.2 Å². The van der Waals surface area contributed by atoms with Crippen LogP contribution in [0.15, 0.2) is 64.8 Å². The topological polar surface area (TPSA) is 70.2 Å². The van der Waals surface area contributed by atoms with Crippen LogP contribution >= 0.6 is 0 Å². The smallest absolute Gasteiger partial charge is 0.220 e. The van der Waals surface area contributed by atoms with Crippen LogP contribution < -0.4 is 9.47 Å². The number of ether oxygens (including phenoxy) is 3. The Hall–Kier alpha value is -3.61. The fourth-order valence-corrected chi connectivity index (χ4v) is 3.86. The van der Waals surface area contributed by atoms with Crippen LogP contribution in [0.5, 0.6) is 11.6 Å². The average Bonchev–Trinajstić information content (AvgIpc) is 3.16. The first-order chi connectivity index (χ1) is 15.2. The van der Waals surface area contributed by atoms with Crippen molar-refractivity contribution < 1.29 is 14.2 Å². The highest BCUT2D eigenvalue weighted by Gasteiger charge is 2.33. The summed E-state index contributed by atoms with van der Waals surface area (Å²) in [6, 6.07) is 17.8. The summed E-state index contributed by atoms with van der Waals surface area (Å²) >= 11 is 0. The van der Waals surface area contributed by atoms with E-state index in [0.717, 1.165) is 34.0 Å². The van der Waals surface area contributed by atoms with Gasteiger partial charge in [-0.25, -0.2) is 4.68 Å². The SMILES string of the molecule is CCOc1ccc(C2=NN=C(OC)C(c3c(C)nn(-c4ccccc4)c3OC)C2)cc1. The number of nitrogens with zero attached hydrogens (tertiary/aromatic N) is 4. The van der Waals surface area contributed by atoms with E-state index >= 15 is 0 Å². The Morgan fingerprint density at radius 2 is 1.71 bits per heavy atom. The van der Waals surface area contributed by atoms with Crippen molar-refractivity contribution in [2.75, 3.05) is 20.8 Å². The molecule has 0 aliphatic carbocycles.